The number of aromatic nitrogens is 3. The minimum atomic E-state index is 0.904. The minimum absolute atomic E-state index is 0.904. The van der Waals surface area contributed by atoms with Gasteiger partial charge in [-0.15, -0.1) is 0 Å². The molecule has 0 saturated carbocycles. The topological polar surface area (TPSA) is 34.0 Å². The number of aryl methyl sites for hydroxylation is 1. The van der Waals surface area contributed by atoms with Gasteiger partial charge in [0.2, 0.25) is 0 Å². The molecule has 4 aromatic rings. The summed E-state index contributed by atoms with van der Waals surface area (Å²) in [6, 6.07) is 23.3. The van der Waals surface area contributed by atoms with Gasteiger partial charge in [-0.3, -0.25) is 9.88 Å². The van der Waals surface area contributed by atoms with E-state index in [0.29, 0.717) is 0 Å². The zero-order valence-corrected chi connectivity index (χ0v) is 17.7. The second kappa shape index (κ2) is 9.51. The lowest BCUT2D eigenvalue weighted by Gasteiger charge is -2.23. The van der Waals surface area contributed by atoms with Crippen molar-refractivity contribution in [3.8, 4) is 5.82 Å². The van der Waals surface area contributed by atoms with Gasteiger partial charge in [0.1, 0.15) is 5.82 Å². The van der Waals surface area contributed by atoms with Crippen molar-refractivity contribution in [1.82, 2.24) is 19.4 Å². The number of pyridine rings is 2. The van der Waals surface area contributed by atoms with E-state index in [1.54, 1.807) is 0 Å². The standard InChI is InChI=1S/C26H28N4/c1-21-18-25(22(2)30(21)26-10-6-7-14-28-26)20-29(19-24-11-15-27-16-12-24)17-13-23-8-4-3-5-9-23/h3-12,14-16,18H,13,17,19-20H2,1-2H3. The Morgan fingerprint density at radius 3 is 2.30 bits per heavy atom. The molecule has 0 amide bonds. The Morgan fingerprint density at radius 1 is 0.800 bits per heavy atom. The van der Waals surface area contributed by atoms with Gasteiger partial charge in [0.15, 0.2) is 0 Å². The first-order valence-corrected chi connectivity index (χ1v) is 10.4. The van der Waals surface area contributed by atoms with Crippen molar-refractivity contribution in [2.45, 2.75) is 33.4 Å². The van der Waals surface area contributed by atoms with Gasteiger partial charge < -0.3 is 4.57 Å². The molecule has 0 saturated heterocycles. The van der Waals surface area contributed by atoms with E-state index in [4.69, 9.17) is 0 Å². The monoisotopic (exact) mass is 396 g/mol. The quantitative estimate of drug-likeness (QED) is 0.414. The first-order valence-electron chi connectivity index (χ1n) is 10.4. The van der Waals surface area contributed by atoms with E-state index in [0.717, 1.165) is 31.9 Å². The van der Waals surface area contributed by atoms with Crippen LogP contribution in [0.25, 0.3) is 5.82 Å². The number of nitrogens with zero attached hydrogens (tertiary/aromatic N) is 4. The summed E-state index contributed by atoms with van der Waals surface area (Å²) in [5.74, 6) is 0.976. The molecule has 0 bridgehead atoms. The zero-order valence-electron chi connectivity index (χ0n) is 17.7. The molecule has 0 spiro atoms. The van der Waals surface area contributed by atoms with Crippen LogP contribution >= 0.6 is 0 Å². The second-order valence-corrected chi connectivity index (χ2v) is 7.72. The van der Waals surface area contributed by atoms with E-state index in [9.17, 15) is 0 Å². The van der Waals surface area contributed by atoms with Crippen LogP contribution in [-0.2, 0) is 19.5 Å². The summed E-state index contributed by atoms with van der Waals surface area (Å²) in [5.41, 5.74) is 6.48. The number of hydrogen-bond donors (Lipinski definition) is 0. The van der Waals surface area contributed by atoms with Crippen molar-refractivity contribution in [2.24, 2.45) is 0 Å². The Hall–Kier alpha value is -3.24. The van der Waals surface area contributed by atoms with Crippen molar-refractivity contribution in [2.75, 3.05) is 6.54 Å². The molecule has 0 unspecified atom stereocenters. The second-order valence-electron chi connectivity index (χ2n) is 7.72. The summed E-state index contributed by atoms with van der Waals surface area (Å²) in [5, 5.41) is 0. The summed E-state index contributed by atoms with van der Waals surface area (Å²) >= 11 is 0. The Labute approximate surface area is 178 Å². The van der Waals surface area contributed by atoms with E-state index in [1.165, 1.54) is 28.1 Å². The van der Waals surface area contributed by atoms with Crippen molar-refractivity contribution in [1.29, 1.82) is 0 Å². The third kappa shape index (κ3) is 4.84. The van der Waals surface area contributed by atoms with Gasteiger partial charge in [0.05, 0.1) is 0 Å². The Bertz CT molecular complexity index is 1060. The molecule has 4 heteroatoms. The van der Waals surface area contributed by atoms with Crippen LogP contribution in [0, 0.1) is 13.8 Å². The molecule has 3 aromatic heterocycles. The molecule has 4 nitrogen and oxygen atoms in total. The molecule has 0 aliphatic heterocycles. The minimum Gasteiger partial charge on any atom is -0.303 e. The molecule has 1 aromatic carbocycles. The maximum absolute atomic E-state index is 4.55. The SMILES string of the molecule is Cc1cc(CN(CCc2ccccc2)Cc2ccncc2)c(C)n1-c1ccccn1. The van der Waals surface area contributed by atoms with Crippen molar-refractivity contribution in [3.05, 3.63) is 113 Å². The number of rotatable bonds is 8. The highest BCUT2D eigenvalue weighted by Gasteiger charge is 2.15. The van der Waals surface area contributed by atoms with Crippen LogP contribution in [0.4, 0.5) is 0 Å². The van der Waals surface area contributed by atoms with E-state index >= 15 is 0 Å². The van der Waals surface area contributed by atoms with E-state index in [1.807, 2.05) is 30.7 Å². The van der Waals surface area contributed by atoms with Gasteiger partial charge in [-0.2, -0.15) is 0 Å². The average Bonchev–Trinajstić information content (AvgIpc) is 3.07. The van der Waals surface area contributed by atoms with Crippen LogP contribution < -0.4 is 0 Å². The highest BCUT2D eigenvalue weighted by Crippen LogP contribution is 2.22. The summed E-state index contributed by atoms with van der Waals surface area (Å²) in [6.45, 7) is 7.16. The maximum atomic E-state index is 4.55. The van der Waals surface area contributed by atoms with Crippen molar-refractivity contribution < 1.29 is 0 Å². The molecule has 0 N–H and O–H groups in total. The molecular weight excluding hydrogens is 368 g/mol. The molecule has 0 atom stereocenters. The molecule has 0 aliphatic rings. The van der Waals surface area contributed by atoms with Gasteiger partial charge >= 0.3 is 0 Å². The van der Waals surface area contributed by atoms with E-state index < -0.39 is 0 Å². The largest absolute Gasteiger partial charge is 0.303 e. The maximum Gasteiger partial charge on any atom is 0.136 e. The Kier molecular flexibility index (Phi) is 6.35. The van der Waals surface area contributed by atoms with Crippen LogP contribution in [0.2, 0.25) is 0 Å². The lowest BCUT2D eigenvalue weighted by atomic mass is 10.1. The van der Waals surface area contributed by atoms with Gasteiger partial charge in [0.25, 0.3) is 0 Å². The lowest BCUT2D eigenvalue weighted by Crippen LogP contribution is -2.25. The van der Waals surface area contributed by atoms with Crippen molar-refractivity contribution in [3.63, 3.8) is 0 Å². The summed E-state index contributed by atoms with van der Waals surface area (Å²) in [7, 11) is 0. The third-order valence-corrected chi connectivity index (χ3v) is 5.52. The molecular formula is C26H28N4. The van der Waals surface area contributed by atoms with Crippen LogP contribution in [-0.4, -0.2) is 26.0 Å². The molecule has 4 rings (SSSR count). The first kappa shape index (κ1) is 20.0. The van der Waals surface area contributed by atoms with E-state index in [2.05, 4.69) is 87.9 Å². The van der Waals surface area contributed by atoms with Gasteiger partial charge in [0, 0.05) is 49.6 Å². The van der Waals surface area contributed by atoms with Gasteiger partial charge in [-0.1, -0.05) is 36.4 Å². The fourth-order valence-corrected chi connectivity index (χ4v) is 3.96. The zero-order chi connectivity index (χ0) is 20.8. The van der Waals surface area contributed by atoms with Crippen LogP contribution in [0.1, 0.15) is 28.1 Å². The van der Waals surface area contributed by atoms with Crippen molar-refractivity contribution >= 4 is 0 Å². The Balaban J connectivity index is 1.56. The van der Waals surface area contributed by atoms with Crippen LogP contribution in [0.15, 0.2) is 85.3 Å². The number of benzene rings is 1. The van der Waals surface area contributed by atoms with Crippen LogP contribution in [0.5, 0.6) is 0 Å². The summed E-state index contributed by atoms with van der Waals surface area (Å²) in [4.78, 5) is 11.2. The fourth-order valence-electron chi connectivity index (χ4n) is 3.96. The predicted molar refractivity (Wildman–Crippen MR) is 122 cm³/mol. The molecule has 0 fully saturated rings. The smallest absolute Gasteiger partial charge is 0.136 e. The van der Waals surface area contributed by atoms with Gasteiger partial charge in [-0.25, -0.2) is 4.98 Å². The highest BCUT2D eigenvalue weighted by atomic mass is 15.1. The highest BCUT2D eigenvalue weighted by molar-refractivity contribution is 5.36. The molecule has 0 radical (unpaired) electrons. The molecule has 152 valence electrons. The summed E-state index contributed by atoms with van der Waals surface area (Å²) in [6.07, 6.45) is 6.63. The molecule has 30 heavy (non-hydrogen) atoms. The normalized spacial score (nSPS) is 11.2. The Morgan fingerprint density at radius 2 is 1.57 bits per heavy atom. The predicted octanol–water partition coefficient (Wildman–Crippen LogP) is 5.13. The summed E-state index contributed by atoms with van der Waals surface area (Å²) < 4.78 is 2.25. The number of hydrogen-bond acceptors (Lipinski definition) is 3. The van der Waals surface area contributed by atoms with Crippen LogP contribution in [0.3, 0.4) is 0 Å². The van der Waals surface area contributed by atoms with Gasteiger partial charge in [-0.05, 0) is 67.3 Å². The lowest BCUT2D eigenvalue weighted by molar-refractivity contribution is 0.259. The first-order chi connectivity index (χ1) is 14.7. The molecule has 0 aliphatic carbocycles. The molecule has 3 heterocycles. The third-order valence-electron chi connectivity index (χ3n) is 5.52. The average molecular weight is 397 g/mol. The fraction of sp³-hybridized carbons (Fsp3) is 0.231. The van der Waals surface area contributed by atoms with E-state index in [-0.39, 0.29) is 0 Å².